The van der Waals surface area contributed by atoms with Crippen LogP contribution in [0.3, 0.4) is 0 Å². The summed E-state index contributed by atoms with van der Waals surface area (Å²) < 4.78 is 0. The summed E-state index contributed by atoms with van der Waals surface area (Å²) in [6.07, 6.45) is 0. The molecule has 0 nitrogen and oxygen atoms in total. The molecule has 0 aromatic rings. The number of hydrogen-bond acceptors (Lipinski definition) is 0. The average Bonchev–Trinajstić information content (AvgIpc) is 0. The van der Waals surface area contributed by atoms with Crippen LogP contribution in [-0.4, -0.2) is 50.5 Å². The predicted molar refractivity (Wildman–Crippen MR) is 34.5 cm³/mol. The fourth-order valence-corrected chi connectivity index (χ4v) is 0. The van der Waals surface area contributed by atoms with Gasteiger partial charge in [0.15, 0.2) is 0 Å². The van der Waals surface area contributed by atoms with Crippen molar-refractivity contribution in [3.63, 3.8) is 0 Å². The maximum absolute atomic E-state index is 0. The summed E-state index contributed by atoms with van der Waals surface area (Å²) in [6, 6.07) is 0. The van der Waals surface area contributed by atoms with E-state index in [1.807, 2.05) is 0 Å². The van der Waals surface area contributed by atoms with Crippen LogP contribution in [-0.2, 0) is 0 Å². The third-order valence-corrected chi connectivity index (χ3v) is 0. The van der Waals surface area contributed by atoms with Crippen LogP contribution in [0.2, 0.25) is 0 Å². The van der Waals surface area contributed by atoms with Gasteiger partial charge in [-0.05, 0) is 0 Å². The number of rotatable bonds is 0. The van der Waals surface area contributed by atoms with Crippen LogP contribution in [0.1, 0.15) is 0 Å². The molecule has 7 heavy (non-hydrogen) atoms. The first-order valence-corrected chi connectivity index (χ1v) is 0. The van der Waals surface area contributed by atoms with Crippen molar-refractivity contribution in [1.29, 1.82) is 0 Å². The second-order valence-electron chi connectivity index (χ2n) is 0. The van der Waals surface area contributed by atoms with E-state index in [1.54, 1.807) is 0 Å². The summed E-state index contributed by atoms with van der Waals surface area (Å²) in [7, 11) is 0. The Bertz CT molecular complexity index is 4.14. The van der Waals surface area contributed by atoms with E-state index < -0.39 is 0 Å². The van der Waals surface area contributed by atoms with Gasteiger partial charge in [-0.15, -0.1) is 0 Å². The van der Waals surface area contributed by atoms with Crippen LogP contribution in [0, 0.1) is 36.9 Å². The number of hydrogen-bond donors (Lipinski definition) is 0. The van der Waals surface area contributed by atoms with Gasteiger partial charge in [-0.3, -0.25) is 0 Å². The average molecular weight is 240 g/mol. The molecule has 0 aliphatic heterocycles. The fourth-order valence-electron chi connectivity index (χ4n) is 0. The van der Waals surface area contributed by atoms with Gasteiger partial charge in [0.1, 0.15) is 0 Å². The molecule has 33 valence electrons. The second kappa shape index (κ2) is 127. The first-order chi connectivity index (χ1) is 0. The zero-order chi connectivity index (χ0) is 0. The summed E-state index contributed by atoms with van der Waals surface area (Å²) in [5.41, 5.74) is 0. The van der Waals surface area contributed by atoms with E-state index in [2.05, 4.69) is 0 Å². The molecule has 0 aliphatic carbocycles. The van der Waals surface area contributed by atoms with Crippen molar-refractivity contribution in [3.8, 4) is 0 Å². The van der Waals surface area contributed by atoms with Crippen LogP contribution in [0.4, 0.5) is 0 Å². The molecule has 0 atom stereocenters. The van der Waals surface area contributed by atoms with Crippen LogP contribution in [0.5, 0.6) is 0 Å². The van der Waals surface area contributed by atoms with E-state index >= 15 is 0 Å². The Morgan fingerprint density at radius 3 is 0.286 bits per heavy atom. The van der Waals surface area contributed by atoms with Crippen molar-refractivity contribution in [2.45, 2.75) is 0 Å². The Balaban J connectivity index is 0. The fraction of sp³-hybridized carbons (Fsp3) is 0. The summed E-state index contributed by atoms with van der Waals surface area (Å²) >= 11 is 0. The summed E-state index contributed by atoms with van der Waals surface area (Å²) in [6.45, 7) is 0. The molecule has 0 saturated heterocycles. The first kappa shape index (κ1) is 190. The molecule has 0 aliphatic rings. The van der Waals surface area contributed by atoms with Crippen LogP contribution in [0.15, 0.2) is 0 Å². The van der Waals surface area contributed by atoms with E-state index in [9.17, 15) is 0 Å². The largest absolute Gasteiger partial charge is 0 e. The maximum atomic E-state index is 0. The van der Waals surface area contributed by atoms with Gasteiger partial charge in [-0.25, -0.2) is 0 Å². The molecule has 0 saturated carbocycles. The molecular weight excluding hydrogens is 240 g/mol. The molecule has 19 radical (unpaired) electrons. The minimum absolute atomic E-state index is 0. The van der Waals surface area contributed by atoms with Crippen LogP contribution in [0.25, 0.3) is 0 Å². The molecule has 0 bridgehead atoms. The first-order valence-electron chi connectivity index (χ1n) is 0. The molecule has 0 spiro atoms. The third kappa shape index (κ3) is 91.5. The standard InChI is InChI=1S/6B.Lu. The predicted octanol–water partition coefficient (Wildman–Crippen LogP) is -2.28. The van der Waals surface area contributed by atoms with Gasteiger partial charge in [0, 0.05) is 87.4 Å². The van der Waals surface area contributed by atoms with E-state index in [0.717, 1.165) is 0 Å². The molecule has 0 fully saturated rings. The van der Waals surface area contributed by atoms with Gasteiger partial charge in [-0.1, -0.05) is 0 Å². The molecule has 0 heterocycles. The molecule has 7 heteroatoms. The second-order valence-corrected chi connectivity index (χ2v) is 0. The van der Waals surface area contributed by atoms with Crippen molar-refractivity contribution in [1.82, 2.24) is 0 Å². The van der Waals surface area contributed by atoms with E-state index in [-0.39, 0.29) is 87.4 Å². The molecule has 0 amide bonds. The van der Waals surface area contributed by atoms with Crippen molar-refractivity contribution >= 4 is 50.5 Å². The minimum Gasteiger partial charge on any atom is 0 e. The smallest absolute Gasteiger partial charge is 0 e. The molecule has 0 unspecified atom stereocenters. The van der Waals surface area contributed by atoms with Crippen molar-refractivity contribution in [2.24, 2.45) is 0 Å². The molecule has 0 aromatic heterocycles. The Labute approximate surface area is 86.6 Å². The summed E-state index contributed by atoms with van der Waals surface area (Å²) in [5, 5.41) is 0. The summed E-state index contributed by atoms with van der Waals surface area (Å²) in [4.78, 5) is 0. The van der Waals surface area contributed by atoms with Gasteiger partial charge >= 0.3 is 0 Å². The quantitative estimate of drug-likeness (QED) is 0.418. The van der Waals surface area contributed by atoms with Gasteiger partial charge < -0.3 is 0 Å². The van der Waals surface area contributed by atoms with Crippen LogP contribution < -0.4 is 0 Å². The van der Waals surface area contributed by atoms with Crippen LogP contribution >= 0.6 is 0 Å². The Morgan fingerprint density at radius 2 is 0.286 bits per heavy atom. The Kier molecular flexibility index (Phi) is 3450. The maximum Gasteiger partial charge on any atom is 0 e. The van der Waals surface area contributed by atoms with Crippen molar-refractivity contribution < 1.29 is 36.9 Å². The van der Waals surface area contributed by atoms with E-state index in [1.165, 1.54) is 0 Å². The topological polar surface area (TPSA) is 0 Å². The molecule has 0 aromatic carbocycles. The zero-order valence-electron chi connectivity index (χ0n) is 3.72. The normalized spacial score (nSPS) is 0. The Morgan fingerprint density at radius 1 is 0.286 bits per heavy atom. The molecular formula is B6Lu. The monoisotopic (exact) mass is 241 g/mol. The van der Waals surface area contributed by atoms with Crippen molar-refractivity contribution in [3.05, 3.63) is 0 Å². The van der Waals surface area contributed by atoms with E-state index in [0.29, 0.717) is 0 Å². The SMILES string of the molecule is [B].[B].[B].[B].[B].[B].[Lu]. The Hall–Kier alpha value is 1.62. The zero-order valence-corrected chi connectivity index (χ0v) is 5.38. The van der Waals surface area contributed by atoms with Gasteiger partial charge in [0.25, 0.3) is 0 Å². The summed E-state index contributed by atoms with van der Waals surface area (Å²) in [5.74, 6) is 0. The minimum atomic E-state index is 0. The van der Waals surface area contributed by atoms with Gasteiger partial charge in [0.2, 0.25) is 0 Å². The van der Waals surface area contributed by atoms with Gasteiger partial charge in [0.05, 0.1) is 0 Å². The molecule has 0 N–H and O–H groups in total. The van der Waals surface area contributed by atoms with Crippen molar-refractivity contribution in [2.75, 3.05) is 0 Å². The van der Waals surface area contributed by atoms with Gasteiger partial charge in [-0.2, -0.15) is 0 Å². The molecule has 0 rings (SSSR count). The third-order valence-electron chi connectivity index (χ3n) is 0. The van der Waals surface area contributed by atoms with E-state index in [4.69, 9.17) is 0 Å².